The van der Waals surface area contributed by atoms with Crippen LogP contribution in [0.1, 0.15) is 40.5 Å². The highest BCUT2D eigenvalue weighted by Crippen LogP contribution is 2.38. The summed E-state index contributed by atoms with van der Waals surface area (Å²) in [5.74, 6) is -4.80. The predicted molar refractivity (Wildman–Crippen MR) is 77.5 cm³/mol. The molecule has 1 fully saturated rings. The van der Waals surface area contributed by atoms with Gasteiger partial charge in [-0.2, -0.15) is 0 Å². The second-order valence-electron chi connectivity index (χ2n) is 6.06. The Morgan fingerprint density at radius 2 is 1.95 bits per heavy atom. The number of aliphatic hydroxyl groups is 2. The topological polar surface area (TPSA) is 91.7 Å². The van der Waals surface area contributed by atoms with E-state index < -0.39 is 47.3 Å². The van der Waals surface area contributed by atoms with Gasteiger partial charge in [-0.1, -0.05) is 25.5 Å². The Bertz CT molecular complexity index is 475. The highest BCUT2D eigenvalue weighted by atomic mass is 16.3. The second-order valence-corrected chi connectivity index (χ2v) is 6.06. The average molecular weight is 296 g/mol. The van der Waals surface area contributed by atoms with Gasteiger partial charge in [0.15, 0.2) is 23.0 Å². The van der Waals surface area contributed by atoms with E-state index in [4.69, 9.17) is 0 Å². The van der Waals surface area contributed by atoms with Gasteiger partial charge in [-0.25, -0.2) is 0 Å². The molecule has 2 N–H and O–H groups in total. The summed E-state index contributed by atoms with van der Waals surface area (Å²) in [6, 6.07) is 0. The molecule has 0 amide bonds. The zero-order valence-electron chi connectivity index (χ0n) is 13.0. The molecule has 1 rings (SSSR count). The van der Waals surface area contributed by atoms with E-state index in [0.29, 0.717) is 6.42 Å². The molecule has 0 radical (unpaired) electrons. The van der Waals surface area contributed by atoms with Crippen LogP contribution in [0.3, 0.4) is 0 Å². The Morgan fingerprint density at radius 1 is 1.38 bits per heavy atom. The van der Waals surface area contributed by atoms with Crippen LogP contribution in [0.2, 0.25) is 0 Å². The SMILES string of the molecule is CCC(C)C(=O)C1C(=O)C(CC=C(C)C)C(O)(CO)C1=O. The molecule has 0 aromatic heterocycles. The third-order valence-electron chi connectivity index (χ3n) is 4.28. The Balaban J connectivity index is 3.17. The van der Waals surface area contributed by atoms with Gasteiger partial charge in [-0.3, -0.25) is 14.4 Å². The monoisotopic (exact) mass is 296 g/mol. The number of ketones is 3. The Kier molecular flexibility index (Phi) is 5.59. The fourth-order valence-electron chi connectivity index (χ4n) is 2.60. The maximum Gasteiger partial charge on any atom is 0.185 e. The molecule has 21 heavy (non-hydrogen) atoms. The third-order valence-corrected chi connectivity index (χ3v) is 4.28. The third kappa shape index (κ3) is 3.14. The highest BCUT2D eigenvalue weighted by Gasteiger charge is 2.61. The van der Waals surface area contributed by atoms with Crippen molar-refractivity contribution in [1.82, 2.24) is 0 Å². The molecule has 1 saturated carbocycles. The largest absolute Gasteiger partial charge is 0.393 e. The fraction of sp³-hybridized carbons (Fsp3) is 0.688. The number of hydrogen-bond donors (Lipinski definition) is 2. The van der Waals surface area contributed by atoms with Gasteiger partial charge in [0.25, 0.3) is 0 Å². The minimum absolute atomic E-state index is 0.147. The fourth-order valence-corrected chi connectivity index (χ4v) is 2.60. The molecule has 5 nitrogen and oxygen atoms in total. The van der Waals surface area contributed by atoms with Gasteiger partial charge in [0.2, 0.25) is 0 Å². The van der Waals surface area contributed by atoms with Crippen LogP contribution in [-0.4, -0.2) is 39.8 Å². The zero-order valence-corrected chi connectivity index (χ0v) is 13.0. The maximum atomic E-state index is 12.4. The van der Waals surface area contributed by atoms with Crippen LogP contribution >= 0.6 is 0 Å². The summed E-state index contributed by atoms with van der Waals surface area (Å²) in [6.07, 6.45) is 2.40. The van der Waals surface area contributed by atoms with Gasteiger partial charge >= 0.3 is 0 Å². The van der Waals surface area contributed by atoms with Crippen molar-refractivity contribution in [3.05, 3.63) is 11.6 Å². The Morgan fingerprint density at radius 3 is 2.38 bits per heavy atom. The van der Waals surface area contributed by atoms with Crippen LogP contribution in [0.15, 0.2) is 11.6 Å². The van der Waals surface area contributed by atoms with Gasteiger partial charge in [-0.15, -0.1) is 0 Å². The molecule has 0 aromatic rings. The van der Waals surface area contributed by atoms with Crippen LogP contribution in [0.4, 0.5) is 0 Å². The van der Waals surface area contributed by atoms with Crippen LogP contribution in [0.5, 0.6) is 0 Å². The molecule has 0 aliphatic heterocycles. The van der Waals surface area contributed by atoms with Crippen LogP contribution < -0.4 is 0 Å². The van der Waals surface area contributed by atoms with Crippen LogP contribution in [0.25, 0.3) is 0 Å². The lowest BCUT2D eigenvalue weighted by Crippen LogP contribution is -2.46. The number of Topliss-reactive ketones (excluding diaryl/α,β-unsaturated/α-hetero) is 3. The van der Waals surface area contributed by atoms with Gasteiger partial charge in [0.05, 0.1) is 12.5 Å². The highest BCUT2D eigenvalue weighted by molar-refractivity contribution is 6.27. The predicted octanol–water partition coefficient (Wildman–Crippen LogP) is 1.07. The summed E-state index contributed by atoms with van der Waals surface area (Å²) in [5, 5.41) is 19.8. The molecule has 0 saturated heterocycles. The Labute approximate surface area is 125 Å². The molecule has 0 heterocycles. The lowest BCUT2D eigenvalue weighted by Gasteiger charge is -2.24. The normalized spacial score (nSPS) is 30.4. The van der Waals surface area contributed by atoms with Crippen LogP contribution in [0, 0.1) is 17.8 Å². The number of carbonyl (C=O) groups excluding carboxylic acids is 3. The van der Waals surface area contributed by atoms with E-state index in [2.05, 4.69) is 0 Å². The number of aliphatic hydroxyl groups excluding tert-OH is 1. The molecule has 4 unspecified atom stereocenters. The molecule has 4 atom stereocenters. The summed E-state index contributed by atoms with van der Waals surface area (Å²) in [7, 11) is 0. The van der Waals surface area contributed by atoms with E-state index in [-0.39, 0.29) is 6.42 Å². The summed E-state index contributed by atoms with van der Waals surface area (Å²) in [4.78, 5) is 37.0. The van der Waals surface area contributed by atoms with Gasteiger partial charge in [-0.05, 0) is 26.7 Å². The molecule has 0 spiro atoms. The van der Waals surface area contributed by atoms with Crippen molar-refractivity contribution in [3.63, 3.8) is 0 Å². The van der Waals surface area contributed by atoms with Crippen molar-refractivity contribution in [2.45, 2.75) is 46.1 Å². The molecule has 1 aliphatic rings. The number of hydrogen-bond acceptors (Lipinski definition) is 5. The lowest BCUT2D eigenvalue weighted by atomic mass is 9.87. The van der Waals surface area contributed by atoms with E-state index in [1.807, 2.05) is 13.8 Å². The van der Waals surface area contributed by atoms with Crippen molar-refractivity contribution in [3.8, 4) is 0 Å². The van der Waals surface area contributed by atoms with Crippen molar-refractivity contribution >= 4 is 17.3 Å². The smallest absolute Gasteiger partial charge is 0.185 e. The summed E-state index contributed by atoms with van der Waals surface area (Å²) in [5.41, 5.74) is -1.20. The van der Waals surface area contributed by atoms with E-state index >= 15 is 0 Å². The summed E-state index contributed by atoms with van der Waals surface area (Å²) >= 11 is 0. The minimum atomic E-state index is -2.14. The lowest BCUT2D eigenvalue weighted by molar-refractivity contribution is -0.146. The average Bonchev–Trinajstić information content (AvgIpc) is 2.63. The first kappa shape index (κ1) is 17.7. The number of carbonyl (C=O) groups is 3. The standard InChI is InChI=1S/C16H24O5/c1-5-10(4)13(18)12-14(19)11(7-6-9(2)3)16(21,8-17)15(12)20/h6,10-12,17,21H,5,7-8H2,1-4H3. The van der Waals surface area contributed by atoms with E-state index in [1.165, 1.54) is 0 Å². The maximum absolute atomic E-state index is 12.4. The molecule has 0 bridgehead atoms. The molecule has 1 aliphatic carbocycles. The van der Waals surface area contributed by atoms with E-state index in [0.717, 1.165) is 5.57 Å². The molecule has 0 aromatic carbocycles. The second kappa shape index (κ2) is 6.62. The molecule has 118 valence electrons. The molecule has 5 heteroatoms. The number of allylic oxidation sites excluding steroid dienone is 2. The quantitative estimate of drug-likeness (QED) is 0.565. The van der Waals surface area contributed by atoms with Crippen LogP contribution in [-0.2, 0) is 14.4 Å². The summed E-state index contributed by atoms with van der Waals surface area (Å²) in [6.45, 7) is 6.28. The minimum Gasteiger partial charge on any atom is -0.393 e. The van der Waals surface area contributed by atoms with Gasteiger partial charge in [0.1, 0.15) is 5.92 Å². The zero-order chi connectivity index (χ0) is 16.4. The first-order chi connectivity index (χ1) is 9.70. The van der Waals surface area contributed by atoms with E-state index in [9.17, 15) is 24.6 Å². The van der Waals surface area contributed by atoms with Crippen molar-refractivity contribution in [2.75, 3.05) is 6.61 Å². The first-order valence-electron chi connectivity index (χ1n) is 7.29. The number of rotatable bonds is 6. The van der Waals surface area contributed by atoms with E-state index in [1.54, 1.807) is 19.9 Å². The van der Waals surface area contributed by atoms with Crippen molar-refractivity contribution in [2.24, 2.45) is 17.8 Å². The van der Waals surface area contributed by atoms with Crippen molar-refractivity contribution < 1.29 is 24.6 Å². The van der Waals surface area contributed by atoms with Gasteiger partial charge < -0.3 is 10.2 Å². The molecular formula is C16H24O5. The van der Waals surface area contributed by atoms with Crippen molar-refractivity contribution in [1.29, 1.82) is 0 Å². The Hall–Kier alpha value is -1.33. The first-order valence-corrected chi connectivity index (χ1v) is 7.29. The molecular weight excluding hydrogens is 272 g/mol. The summed E-state index contributed by atoms with van der Waals surface area (Å²) < 4.78 is 0. The van der Waals surface area contributed by atoms with Gasteiger partial charge in [0, 0.05) is 5.92 Å².